The van der Waals surface area contributed by atoms with Crippen LogP contribution in [0.15, 0.2) is 60.7 Å². The maximum absolute atomic E-state index is 12.7. The first kappa shape index (κ1) is 18.2. The summed E-state index contributed by atoms with van der Waals surface area (Å²) in [6, 6.07) is 18.7. The predicted molar refractivity (Wildman–Crippen MR) is 101 cm³/mol. The van der Waals surface area contributed by atoms with Gasteiger partial charge < -0.3 is 5.32 Å². The zero-order valence-electron chi connectivity index (χ0n) is 14.4. The van der Waals surface area contributed by atoms with Crippen LogP contribution in [0.3, 0.4) is 0 Å². The second-order valence-electron chi connectivity index (χ2n) is 6.40. The molecule has 2 aromatic carbocycles. The minimum absolute atomic E-state index is 0.224. The zero-order chi connectivity index (χ0) is 17.6. The van der Waals surface area contributed by atoms with Gasteiger partial charge in [0.2, 0.25) is 0 Å². The number of amides is 2. The van der Waals surface area contributed by atoms with Gasteiger partial charge >= 0.3 is 6.03 Å². The molecule has 0 aromatic heterocycles. The lowest BCUT2D eigenvalue weighted by molar-refractivity contribution is 0.249. The van der Waals surface area contributed by atoms with Crippen molar-refractivity contribution >= 4 is 28.2 Å². The summed E-state index contributed by atoms with van der Waals surface area (Å²) in [6.45, 7) is 6.18. The van der Waals surface area contributed by atoms with E-state index in [-0.39, 0.29) is 10.8 Å². The third-order valence-corrected chi connectivity index (χ3v) is 5.42. The van der Waals surface area contributed by atoms with Crippen molar-refractivity contribution in [2.75, 3.05) is 17.2 Å². The topological polar surface area (TPSA) is 49.4 Å². The molecular formula is C19H24N2O2S. The first-order valence-electron chi connectivity index (χ1n) is 7.96. The highest BCUT2D eigenvalue weighted by molar-refractivity contribution is 7.86. The summed E-state index contributed by atoms with van der Waals surface area (Å²) < 4.78 is 11.8. The molecule has 5 heteroatoms. The van der Waals surface area contributed by atoms with E-state index in [1.165, 1.54) is 0 Å². The van der Waals surface area contributed by atoms with E-state index in [0.717, 1.165) is 11.4 Å². The van der Waals surface area contributed by atoms with Crippen LogP contribution in [0.1, 0.15) is 20.8 Å². The van der Waals surface area contributed by atoms with Gasteiger partial charge in [0.25, 0.3) is 0 Å². The Kier molecular flexibility index (Phi) is 6.15. The molecule has 0 radical (unpaired) electrons. The van der Waals surface area contributed by atoms with E-state index in [9.17, 15) is 9.00 Å². The van der Waals surface area contributed by atoms with Crippen molar-refractivity contribution < 1.29 is 9.00 Å². The van der Waals surface area contributed by atoms with Gasteiger partial charge in [0.15, 0.2) is 0 Å². The monoisotopic (exact) mass is 344 g/mol. The molecule has 0 fully saturated rings. The number of benzene rings is 2. The Balaban J connectivity index is 2.11. The summed E-state index contributed by atoms with van der Waals surface area (Å²) in [5, 5.41) is 2.88. The van der Waals surface area contributed by atoms with Crippen LogP contribution in [0.2, 0.25) is 0 Å². The van der Waals surface area contributed by atoms with Crippen molar-refractivity contribution in [1.29, 1.82) is 0 Å². The molecule has 0 saturated heterocycles. The van der Waals surface area contributed by atoms with Gasteiger partial charge in [0, 0.05) is 27.8 Å². The van der Waals surface area contributed by atoms with E-state index in [0.29, 0.717) is 12.3 Å². The second kappa shape index (κ2) is 8.11. The minimum Gasteiger partial charge on any atom is -0.336 e. The average molecular weight is 344 g/mol. The Hall–Kier alpha value is -2.14. The van der Waals surface area contributed by atoms with E-state index < -0.39 is 10.8 Å². The largest absolute Gasteiger partial charge is 0.336 e. The third kappa shape index (κ3) is 4.93. The first-order valence-corrected chi connectivity index (χ1v) is 9.28. The van der Waals surface area contributed by atoms with E-state index >= 15 is 0 Å². The number of hydrogen-bond acceptors (Lipinski definition) is 2. The predicted octanol–water partition coefficient (Wildman–Crippen LogP) is 4.08. The van der Waals surface area contributed by atoms with Crippen LogP contribution in [-0.2, 0) is 10.8 Å². The minimum atomic E-state index is -0.989. The van der Waals surface area contributed by atoms with Crippen molar-refractivity contribution in [2.24, 2.45) is 0 Å². The second-order valence-corrected chi connectivity index (χ2v) is 8.72. The molecular weight excluding hydrogens is 320 g/mol. The van der Waals surface area contributed by atoms with E-state index in [4.69, 9.17) is 0 Å². The SMILES string of the molecule is CC(C)(C)[S@](=O)CCNC(=O)N(c1ccccc1)c1ccccc1. The number of nitrogens with one attached hydrogen (secondary N) is 1. The molecule has 2 aromatic rings. The third-order valence-electron chi connectivity index (χ3n) is 3.48. The molecule has 0 aliphatic heterocycles. The van der Waals surface area contributed by atoms with E-state index in [2.05, 4.69) is 5.32 Å². The van der Waals surface area contributed by atoms with Gasteiger partial charge in [-0.25, -0.2) is 4.79 Å². The van der Waals surface area contributed by atoms with Gasteiger partial charge in [-0.2, -0.15) is 0 Å². The quantitative estimate of drug-likeness (QED) is 0.888. The molecule has 0 spiro atoms. The molecule has 1 atom stereocenters. The molecule has 2 amide bonds. The summed E-state index contributed by atoms with van der Waals surface area (Å²) in [7, 11) is -0.989. The number of para-hydroxylation sites is 2. The van der Waals surface area contributed by atoms with Gasteiger partial charge in [-0.1, -0.05) is 36.4 Å². The van der Waals surface area contributed by atoms with Gasteiger partial charge in [-0.3, -0.25) is 9.11 Å². The molecule has 1 N–H and O–H groups in total. The Labute approximate surface area is 146 Å². The van der Waals surface area contributed by atoms with Crippen LogP contribution in [-0.4, -0.2) is 27.3 Å². The molecule has 0 heterocycles. The highest BCUT2D eigenvalue weighted by atomic mass is 32.2. The maximum Gasteiger partial charge on any atom is 0.326 e. The summed E-state index contributed by atoms with van der Waals surface area (Å²) in [4.78, 5) is 14.3. The Morgan fingerprint density at radius 2 is 1.42 bits per heavy atom. The van der Waals surface area contributed by atoms with E-state index in [1.54, 1.807) is 4.90 Å². The number of carbonyl (C=O) groups excluding carboxylic acids is 1. The molecule has 4 nitrogen and oxygen atoms in total. The van der Waals surface area contributed by atoms with Crippen LogP contribution in [0.4, 0.5) is 16.2 Å². The molecule has 0 bridgehead atoms. The molecule has 2 rings (SSSR count). The van der Waals surface area contributed by atoms with Gasteiger partial charge in [-0.15, -0.1) is 0 Å². The Morgan fingerprint density at radius 3 is 1.83 bits per heavy atom. The number of hydrogen-bond donors (Lipinski definition) is 1. The highest BCUT2D eigenvalue weighted by Gasteiger charge is 2.21. The van der Waals surface area contributed by atoms with Gasteiger partial charge in [0.05, 0.1) is 11.4 Å². The van der Waals surface area contributed by atoms with E-state index in [1.807, 2.05) is 81.4 Å². The van der Waals surface area contributed by atoms with Gasteiger partial charge in [0.1, 0.15) is 0 Å². The average Bonchev–Trinajstić information content (AvgIpc) is 2.56. The van der Waals surface area contributed by atoms with Crippen LogP contribution in [0.25, 0.3) is 0 Å². The van der Waals surface area contributed by atoms with Crippen molar-refractivity contribution in [1.82, 2.24) is 5.32 Å². The fraction of sp³-hybridized carbons (Fsp3) is 0.316. The summed E-state index contributed by atoms with van der Waals surface area (Å²) in [5.41, 5.74) is 1.58. The molecule has 0 unspecified atom stereocenters. The zero-order valence-corrected chi connectivity index (χ0v) is 15.2. The Morgan fingerprint density at radius 1 is 0.958 bits per heavy atom. The van der Waals surface area contributed by atoms with Crippen molar-refractivity contribution in [3.05, 3.63) is 60.7 Å². The number of nitrogens with zero attached hydrogens (tertiary/aromatic N) is 1. The first-order chi connectivity index (χ1) is 11.4. The molecule has 128 valence electrons. The number of carbonyl (C=O) groups is 1. The lowest BCUT2D eigenvalue weighted by Gasteiger charge is -2.24. The van der Waals surface area contributed by atoms with Gasteiger partial charge in [-0.05, 0) is 45.0 Å². The molecule has 0 aliphatic carbocycles. The lowest BCUT2D eigenvalue weighted by atomic mass is 10.2. The Bertz CT molecular complexity index is 642. The number of urea groups is 1. The summed E-state index contributed by atoms with van der Waals surface area (Å²) in [5.74, 6) is 0.437. The van der Waals surface area contributed by atoms with Crippen LogP contribution < -0.4 is 10.2 Å². The molecule has 24 heavy (non-hydrogen) atoms. The standard InChI is InChI=1S/C19H24N2O2S/c1-19(2,3)24(23)15-14-20-18(22)21(16-10-6-4-7-11-16)17-12-8-5-9-13-17/h4-13H,14-15H2,1-3H3,(H,20,22)/t24-/m1/s1. The highest BCUT2D eigenvalue weighted by Crippen LogP contribution is 2.24. The fourth-order valence-corrected chi connectivity index (χ4v) is 3.07. The van der Waals surface area contributed by atoms with Crippen molar-refractivity contribution in [2.45, 2.75) is 25.5 Å². The molecule has 0 saturated carbocycles. The maximum atomic E-state index is 12.7. The fourth-order valence-electron chi connectivity index (χ4n) is 2.17. The van der Waals surface area contributed by atoms with Crippen LogP contribution >= 0.6 is 0 Å². The van der Waals surface area contributed by atoms with Crippen LogP contribution in [0.5, 0.6) is 0 Å². The number of rotatable bonds is 5. The summed E-state index contributed by atoms with van der Waals surface area (Å²) >= 11 is 0. The van der Waals surface area contributed by atoms with Crippen LogP contribution in [0, 0.1) is 0 Å². The molecule has 0 aliphatic rings. The van der Waals surface area contributed by atoms with Crippen molar-refractivity contribution in [3.63, 3.8) is 0 Å². The normalized spacial score (nSPS) is 12.5. The number of anilines is 2. The smallest absolute Gasteiger partial charge is 0.326 e. The summed E-state index contributed by atoms with van der Waals surface area (Å²) in [6.07, 6.45) is 0. The lowest BCUT2D eigenvalue weighted by Crippen LogP contribution is -2.40. The van der Waals surface area contributed by atoms with Crippen molar-refractivity contribution in [3.8, 4) is 0 Å².